The average molecular weight is 369 g/mol. The number of fused-ring (bicyclic) bond motifs is 2. The molecule has 1 aliphatic carbocycles. The molecule has 3 aromatic rings. The van der Waals surface area contributed by atoms with Gasteiger partial charge in [-0.3, -0.25) is 4.79 Å². The van der Waals surface area contributed by atoms with E-state index < -0.39 is 5.41 Å². The highest BCUT2D eigenvalue weighted by molar-refractivity contribution is 6.31. The van der Waals surface area contributed by atoms with E-state index in [0.29, 0.717) is 35.4 Å². The lowest BCUT2D eigenvalue weighted by atomic mass is 9.94. The van der Waals surface area contributed by atoms with Gasteiger partial charge in [-0.15, -0.1) is 0 Å². The van der Waals surface area contributed by atoms with Crippen LogP contribution in [-0.4, -0.2) is 24.1 Å². The number of aromatic nitrogens is 1. The molecule has 2 aliphatic rings. The molecule has 0 bridgehead atoms. The van der Waals surface area contributed by atoms with Crippen molar-refractivity contribution < 1.29 is 14.3 Å². The van der Waals surface area contributed by atoms with Gasteiger partial charge in [-0.2, -0.15) is 0 Å². The number of ether oxygens (including phenoxy) is 2. The third-order valence-corrected chi connectivity index (χ3v) is 5.38. The summed E-state index contributed by atoms with van der Waals surface area (Å²) in [5, 5.41) is 4.72. The molecule has 2 aromatic carbocycles. The number of H-pyrrole nitrogens is 1. The Morgan fingerprint density at radius 2 is 1.88 bits per heavy atom. The number of nitrogens with one attached hydrogen (secondary N) is 2. The molecule has 5 nitrogen and oxygen atoms in total. The van der Waals surface area contributed by atoms with Gasteiger partial charge >= 0.3 is 0 Å². The zero-order chi connectivity index (χ0) is 17.7. The smallest absolute Gasteiger partial charge is 0.235 e. The van der Waals surface area contributed by atoms with Crippen LogP contribution >= 0.6 is 11.6 Å². The first kappa shape index (κ1) is 15.6. The fourth-order valence-corrected chi connectivity index (χ4v) is 3.78. The molecular weight excluding hydrogens is 352 g/mol. The number of amides is 1. The van der Waals surface area contributed by atoms with Gasteiger partial charge in [-0.05, 0) is 48.7 Å². The van der Waals surface area contributed by atoms with Crippen LogP contribution in [0.25, 0.3) is 10.9 Å². The Morgan fingerprint density at radius 3 is 2.69 bits per heavy atom. The Kier molecular flexibility index (Phi) is 3.40. The quantitative estimate of drug-likeness (QED) is 0.726. The maximum atomic E-state index is 13.1. The summed E-state index contributed by atoms with van der Waals surface area (Å²) in [6.07, 6.45) is 3.57. The van der Waals surface area contributed by atoms with Crippen molar-refractivity contribution in [1.29, 1.82) is 0 Å². The largest absolute Gasteiger partial charge is 0.486 e. The van der Waals surface area contributed by atoms with E-state index in [1.807, 2.05) is 42.6 Å². The summed E-state index contributed by atoms with van der Waals surface area (Å²) in [6.45, 7) is 1.06. The lowest BCUT2D eigenvalue weighted by Crippen LogP contribution is -2.27. The van der Waals surface area contributed by atoms with Gasteiger partial charge in [0.25, 0.3) is 0 Å². The maximum absolute atomic E-state index is 13.1. The first-order valence-electron chi connectivity index (χ1n) is 8.64. The normalized spacial score (nSPS) is 17.1. The minimum absolute atomic E-state index is 0.00458. The number of aromatic amines is 1. The van der Waals surface area contributed by atoms with Gasteiger partial charge in [0.2, 0.25) is 5.91 Å². The molecule has 1 aromatic heterocycles. The highest BCUT2D eigenvalue weighted by atomic mass is 35.5. The number of halogens is 1. The zero-order valence-electron chi connectivity index (χ0n) is 14.0. The molecule has 0 atom stereocenters. The molecule has 0 radical (unpaired) electrons. The van der Waals surface area contributed by atoms with E-state index in [1.54, 1.807) is 0 Å². The molecule has 1 saturated carbocycles. The third-order valence-electron chi connectivity index (χ3n) is 5.14. The number of carbonyl (C=O) groups is 1. The van der Waals surface area contributed by atoms with Gasteiger partial charge in [0.15, 0.2) is 11.5 Å². The molecule has 26 heavy (non-hydrogen) atoms. The molecule has 6 heteroatoms. The predicted octanol–water partition coefficient (Wildman–Crippen LogP) is 4.26. The van der Waals surface area contributed by atoms with E-state index >= 15 is 0 Å². The van der Waals surface area contributed by atoms with Crippen molar-refractivity contribution in [2.24, 2.45) is 0 Å². The summed E-state index contributed by atoms with van der Waals surface area (Å²) in [5.74, 6) is 1.37. The van der Waals surface area contributed by atoms with E-state index in [4.69, 9.17) is 21.1 Å². The topological polar surface area (TPSA) is 63.4 Å². The second-order valence-electron chi connectivity index (χ2n) is 6.79. The lowest BCUT2D eigenvalue weighted by Gasteiger charge is -2.20. The Labute approximate surface area is 155 Å². The van der Waals surface area contributed by atoms with E-state index in [0.717, 1.165) is 29.3 Å². The van der Waals surface area contributed by atoms with E-state index in [9.17, 15) is 4.79 Å². The molecule has 5 rings (SSSR count). The highest BCUT2D eigenvalue weighted by Gasteiger charge is 2.52. The minimum atomic E-state index is -0.504. The van der Waals surface area contributed by atoms with Crippen LogP contribution in [0, 0.1) is 0 Å². The summed E-state index contributed by atoms with van der Waals surface area (Å²) < 4.78 is 11.1. The standard InChI is InChI=1S/C20H17ClN2O3/c21-12-1-3-16-14(9-12)15(11-22-16)20(5-6-20)19(24)23-13-2-4-17-18(10-13)26-8-7-25-17/h1-4,9-11,22H,5-8H2,(H,23,24). The maximum Gasteiger partial charge on any atom is 0.235 e. The molecule has 0 unspecified atom stereocenters. The number of rotatable bonds is 3. The number of benzene rings is 2. The van der Waals surface area contributed by atoms with Crippen LogP contribution in [0.2, 0.25) is 5.02 Å². The minimum Gasteiger partial charge on any atom is -0.486 e. The van der Waals surface area contributed by atoms with Gasteiger partial charge in [0.1, 0.15) is 13.2 Å². The number of hydrogen-bond acceptors (Lipinski definition) is 3. The Balaban J connectivity index is 1.45. The van der Waals surface area contributed by atoms with Crippen molar-refractivity contribution in [3.05, 3.63) is 53.2 Å². The first-order valence-corrected chi connectivity index (χ1v) is 9.02. The van der Waals surface area contributed by atoms with Crippen molar-refractivity contribution in [2.45, 2.75) is 18.3 Å². The SMILES string of the molecule is O=C(Nc1ccc2c(c1)OCCO2)C1(c2c[nH]c3ccc(Cl)cc23)CC1. The van der Waals surface area contributed by atoms with Crippen molar-refractivity contribution in [3.8, 4) is 11.5 Å². The summed E-state index contributed by atoms with van der Waals surface area (Å²) in [5.41, 5.74) is 2.20. The molecule has 0 spiro atoms. The second-order valence-corrected chi connectivity index (χ2v) is 7.22. The van der Waals surface area contributed by atoms with Gasteiger partial charge in [-0.25, -0.2) is 0 Å². The lowest BCUT2D eigenvalue weighted by molar-refractivity contribution is -0.118. The molecular formula is C20H17ClN2O3. The molecule has 2 N–H and O–H groups in total. The fraction of sp³-hybridized carbons (Fsp3) is 0.250. The van der Waals surface area contributed by atoms with Crippen LogP contribution < -0.4 is 14.8 Å². The number of anilines is 1. The fourth-order valence-electron chi connectivity index (χ4n) is 3.60. The van der Waals surface area contributed by atoms with Crippen molar-refractivity contribution in [3.63, 3.8) is 0 Å². The van der Waals surface area contributed by atoms with Crippen LogP contribution in [0.15, 0.2) is 42.6 Å². The third kappa shape index (κ3) is 2.42. The zero-order valence-corrected chi connectivity index (χ0v) is 14.7. The van der Waals surface area contributed by atoms with Gasteiger partial charge in [0.05, 0.1) is 5.41 Å². The predicted molar refractivity (Wildman–Crippen MR) is 100 cm³/mol. The molecule has 132 valence electrons. The Bertz CT molecular complexity index is 1020. The summed E-state index contributed by atoms with van der Waals surface area (Å²) in [4.78, 5) is 16.3. The Morgan fingerprint density at radius 1 is 1.08 bits per heavy atom. The molecule has 1 amide bonds. The van der Waals surface area contributed by atoms with Crippen LogP contribution in [0.3, 0.4) is 0 Å². The summed E-state index contributed by atoms with van der Waals surface area (Å²) in [7, 11) is 0. The highest BCUT2D eigenvalue weighted by Crippen LogP contribution is 2.51. The monoisotopic (exact) mass is 368 g/mol. The van der Waals surface area contributed by atoms with E-state index in [2.05, 4.69) is 10.3 Å². The van der Waals surface area contributed by atoms with Gasteiger partial charge < -0.3 is 19.8 Å². The van der Waals surface area contributed by atoms with Crippen LogP contribution in [0.1, 0.15) is 18.4 Å². The molecule has 2 heterocycles. The number of hydrogen-bond donors (Lipinski definition) is 2. The Hall–Kier alpha value is -2.66. The van der Waals surface area contributed by atoms with Crippen LogP contribution in [0.5, 0.6) is 11.5 Å². The average Bonchev–Trinajstić information content (AvgIpc) is 3.36. The summed E-state index contributed by atoms with van der Waals surface area (Å²) >= 11 is 6.15. The van der Waals surface area contributed by atoms with E-state index in [1.165, 1.54) is 0 Å². The number of carbonyl (C=O) groups excluding carboxylic acids is 1. The molecule has 0 saturated heterocycles. The van der Waals surface area contributed by atoms with E-state index in [-0.39, 0.29) is 5.91 Å². The first-order chi connectivity index (χ1) is 12.7. The van der Waals surface area contributed by atoms with Crippen LogP contribution in [0.4, 0.5) is 5.69 Å². The summed E-state index contributed by atoms with van der Waals surface area (Å²) in [6, 6.07) is 11.2. The van der Waals surface area contributed by atoms with Crippen molar-refractivity contribution in [1.82, 2.24) is 4.98 Å². The van der Waals surface area contributed by atoms with Crippen LogP contribution in [-0.2, 0) is 10.2 Å². The van der Waals surface area contributed by atoms with Crippen molar-refractivity contribution >= 4 is 34.1 Å². The molecule has 1 fully saturated rings. The van der Waals surface area contributed by atoms with Crippen molar-refractivity contribution in [2.75, 3.05) is 18.5 Å². The van der Waals surface area contributed by atoms with Gasteiger partial charge in [-0.1, -0.05) is 11.6 Å². The molecule has 1 aliphatic heterocycles. The second kappa shape index (κ2) is 5.68. The van der Waals surface area contributed by atoms with Gasteiger partial charge in [0, 0.05) is 33.9 Å².